The van der Waals surface area contributed by atoms with Gasteiger partial charge in [0.05, 0.1) is 18.4 Å². The number of carbonyl (C=O) groups excluding carboxylic acids is 2. The number of carbonyl (C=O) groups is 2. The van der Waals surface area contributed by atoms with Crippen molar-refractivity contribution in [1.82, 2.24) is 10.6 Å². The Morgan fingerprint density at radius 2 is 1.66 bits per heavy atom. The standard InChI is InChI=1S/C26H37N5O4/c1-4-27-26(33)29-20-11-12-22(21(19-20)25(32)28-13-8-18-35-5-2)30-14-16-31(17-15-30)23-9-6-7-10-24(23)34-3/h6-7,9-12,19H,4-5,8,13-18H2,1-3H3,(H,28,32)(H2,27,29,33). The van der Waals surface area contributed by atoms with Gasteiger partial charge in [0.15, 0.2) is 0 Å². The van der Waals surface area contributed by atoms with E-state index in [0.717, 1.165) is 49.7 Å². The minimum absolute atomic E-state index is 0.164. The molecule has 0 saturated carbocycles. The fourth-order valence-electron chi connectivity index (χ4n) is 4.10. The summed E-state index contributed by atoms with van der Waals surface area (Å²) in [5.74, 6) is 0.692. The predicted molar refractivity (Wildman–Crippen MR) is 140 cm³/mol. The van der Waals surface area contributed by atoms with E-state index in [9.17, 15) is 9.59 Å². The van der Waals surface area contributed by atoms with Crippen LogP contribution in [0.2, 0.25) is 0 Å². The first kappa shape index (κ1) is 26.2. The van der Waals surface area contributed by atoms with Crippen molar-refractivity contribution in [2.24, 2.45) is 0 Å². The Balaban J connectivity index is 1.74. The average molecular weight is 484 g/mol. The topological polar surface area (TPSA) is 95.2 Å². The molecule has 3 amide bonds. The smallest absolute Gasteiger partial charge is 0.319 e. The molecule has 35 heavy (non-hydrogen) atoms. The number of amides is 3. The average Bonchev–Trinajstić information content (AvgIpc) is 2.88. The van der Waals surface area contributed by atoms with Crippen molar-refractivity contribution in [2.45, 2.75) is 20.3 Å². The summed E-state index contributed by atoms with van der Waals surface area (Å²) in [5, 5.41) is 8.51. The zero-order valence-electron chi connectivity index (χ0n) is 20.9. The van der Waals surface area contributed by atoms with E-state index in [1.165, 1.54) is 0 Å². The van der Waals surface area contributed by atoms with Gasteiger partial charge >= 0.3 is 6.03 Å². The Labute approximate surface area is 207 Å². The summed E-state index contributed by atoms with van der Waals surface area (Å²) in [5.41, 5.74) is 3.05. The lowest BCUT2D eigenvalue weighted by Crippen LogP contribution is -2.47. The molecule has 1 aliphatic heterocycles. The highest BCUT2D eigenvalue weighted by molar-refractivity contribution is 6.02. The lowest BCUT2D eigenvalue weighted by Gasteiger charge is -2.38. The highest BCUT2D eigenvalue weighted by Gasteiger charge is 2.23. The summed E-state index contributed by atoms with van der Waals surface area (Å²) in [7, 11) is 1.69. The van der Waals surface area contributed by atoms with E-state index in [1.807, 2.05) is 44.2 Å². The number of rotatable bonds is 11. The van der Waals surface area contributed by atoms with Crippen LogP contribution < -0.4 is 30.5 Å². The third kappa shape index (κ3) is 7.26. The Kier molecular flexibility index (Phi) is 10.0. The molecule has 3 N–H and O–H groups in total. The van der Waals surface area contributed by atoms with Crippen LogP contribution in [-0.4, -0.2) is 71.5 Å². The summed E-state index contributed by atoms with van der Waals surface area (Å²) in [6, 6.07) is 13.2. The monoisotopic (exact) mass is 483 g/mol. The van der Waals surface area contributed by atoms with Gasteiger partial charge in [0.1, 0.15) is 5.75 Å². The van der Waals surface area contributed by atoms with Crippen LogP contribution in [0, 0.1) is 0 Å². The maximum atomic E-state index is 13.1. The van der Waals surface area contributed by atoms with Gasteiger partial charge < -0.3 is 35.2 Å². The molecule has 1 fully saturated rings. The first-order chi connectivity index (χ1) is 17.1. The fraction of sp³-hybridized carbons (Fsp3) is 0.462. The third-order valence-electron chi connectivity index (χ3n) is 5.84. The number of hydrogen-bond donors (Lipinski definition) is 3. The lowest BCUT2D eigenvalue weighted by molar-refractivity contribution is 0.0944. The largest absolute Gasteiger partial charge is 0.495 e. The van der Waals surface area contributed by atoms with Gasteiger partial charge in [-0.15, -0.1) is 0 Å². The van der Waals surface area contributed by atoms with Gasteiger partial charge in [0.2, 0.25) is 0 Å². The molecule has 0 aromatic heterocycles. The van der Waals surface area contributed by atoms with Crippen molar-refractivity contribution in [1.29, 1.82) is 0 Å². The van der Waals surface area contributed by atoms with E-state index in [-0.39, 0.29) is 11.9 Å². The Morgan fingerprint density at radius 3 is 2.34 bits per heavy atom. The number of methoxy groups -OCH3 is 1. The number of nitrogens with zero attached hydrogens (tertiary/aromatic N) is 2. The van der Waals surface area contributed by atoms with Gasteiger partial charge in [-0.05, 0) is 50.6 Å². The first-order valence-electron chi connectivity index (χ1n) is 12.2. The van der Waals surface area contributed by atoms with Gasteiger partial charge in [0.25, 0.3) is 5.91 Å². The molecule has 0 bridgehead atoms. The molecule has 1 saturated heterocycles. The summed E-state index contributed by atoms with van der Waals surface area (Å²) in [4.78, 5) is 29.7. The van der Waals surface area contributed by atoms with Crippen molar-refractivity contribution in [2.75, 3.05) is 74.7 Å². The molecule has 3 rings (SSSR count). The number of piperazine rings is 1. The zero-order chi connectivity index (χ0) is 25.0. The third-order valence-corrected chi connectivity index (χ3v) is 5.84. The van der Waals surface area contributed by atoms with Gasteiger partial charge in [-0.2, -0.15) is 0 Å². The quantitative estimate of drug-likeness (QED) is 0.425. The zero-order valence-corrected chi connectivity index (χ0v) is 20.9. The molecule has 0 unspecified atom stereocenters. The summed E-state index contributed by atoms with van der Waals surface area (Å²) in [6.45, 7) is 9.22. The first-order valence-corrected chi connectivity index (χ1v) is 12.2. The second-order valence-corrected chi connectivity index (χ2v) is 8.17. The van der Waals surface area contributed by atoms with Crippen LogP contribution >= 0.6 is 0 Å². The second-order valence-electron chi connectivity index (χ2n) is 8.17. The number of benzene rings is 2. The van der Waals surface area contributed by atoms with E-state index in [0.29, 0.717) is 37.6 Å². The molecule has 0 radical (unpaired) electrons. The molecule has 1 heterocycles. The fourth-order valence-corrected chi connectivity index (χ4v) is 4.10. The Bertz CT molecular complexity index is 976. The molecule has 2 aromatic rings. The maximum absolute atomic E-state index is 13.1. The molecular formula is C26H37N5O4. The van der Waals surface area contributed by atoms with E-state index in [1.54, 1.807) is 13.2 Å². The van der Waals surface area contributed by atoms with Gasteiger partial charge in [-0.1, -0.05) is 12.1 Å². The molecule has 0 atom stereocenters. The van der Waals surface area contributed by atoms with Crippen LogP contribution in [0.5, 0.6) is 5.75 Å². The van der Waals surface area contributed by atoms with Crippen LogP contribution in [0.3, 0.4) is 0 Å². The highest BCUT2D eigenvalue weighted by atomic mass is 16.5. The SMILES string of the molecule is CCNC(=O)Nc1ccc(N2CCN(c3ccccc3OC)CC2)c(C(=O)NCCCOCC)c1. The van der Waals surface area contributed by atoms with Crippen molar-refractivity contribution in [3.05, 3.63) is 48.0 Å². The molecule has 0 aliphatic carbocycles. The van der Waals surface area contributed by atoms with Gasteiger partial charge in [-0.3, -0.25) is 4.79 Å². The summed E-state index contributed by atoms with van der Waals surface area (Å²) < 4.78 is 10.9. The van der Waals surface area contributed by atoms with Crippen molar-refractivity contribution >= 4 is 29.0 Å². The van der Waals surface area contributed by atoms with Crippen LogP contribution in [0.4, 0.5) is 21.9 Å². The number of hydrogen-bond acceptors (Lipinski definition) is 6. The van der Waals surface area contributed by atoms with E-state index in [2.05, 4.69) is 31.8 Å². The number of para-hydroxylation sites is 2. The predicted octanol–water partition coefficient (Wildman–Crippen LogP) is 3.32. The normalized spacial score (nSPS) is 13.3. The lowest BCUT2D eigenvalue weighted by atomic mass is 10.1. The minimum atomic E-state index is -0.297. The van der Waals surface area contributed by atoms with Crippen molar-refractivity contribution in [3.8, 4) is 5.75 Å². The maximum Gasteiger partial charge on any atom is 0.319 e. The minimum Gasteiger partial charge on any atom is -0.495 e. The van der Waals surface area contributed by atoms with Crippen molar-refractivity contribution < 1.29 is 19.1 Å². The van der Waals surface area contributed by atoms with E-state index in [4.69, 9.17) is 9.47 Å². The van der Waals surface area contributed by atoms with Crippen molar-refractivity contribution in [3.63, 3.8) is 0 Å². The highest BCUT2D eigenvalue weighted by Crippen LogP contribution is 2.31. The van der Waals surface area contributed by atoms with Crippen LogP contribution in [0.25, 0.3) is 0 Å². The van der Waals surface area contributed by atoms with Crippen LogP contribution in [0.15, 0.2) is 42.5 Å². The number of nitrogens with one attached hydrogen (secondary N) is 3. The van der Waals surface area contributed by atoms with Gasteiger partial charge in [0, 0.05) is 63.9 Å². The van der Waals surface area contributed by atoms with E-state index >= 15 is 0 Å². The molecule has 9 nitrogen and oxygen atoms in total. The number of anilines is 3. The molecular weight excluding hydrogens is 446 g/mol. The van der Waals surface area contributed by atoms with E-state index < -0.39 is 0 Å². The molecule has 0 spiro atoms. The van der Waals surface area contributed by atoms with Crippen LogP contribution in [-0.2, 0) is 4.74 Å². The molecule has 190 valence electrons. The number of urea groups is 1. The van der Waals surface area contributed by atoms with Gasteiger partial charge in [-0.25, -0.2) is 4.79 Å². The second kappa shape index (κ2) is 13.4. The summed E-state index contributed by atoms with van der Waals surface area (Å²) >= 11 is 0. The summed E-state index contributed by atoms with van der Waals surface area (Å²) in [6.07, 6.45) is 0.739. The number of ether oxygens (including phenoxy) is 2. The molecule has 9 heteroatoms. The van der Waals surface area contributed by atoms with Crippen LogP contribution in [0.1, 0.15) is 30.6 Å². The Morgan fingerprint density at radius 1 is 0.943 bits per heavy atom. The molecule has 2 aromatic carbocycles. The molecule has 1 aliphatic rings. The Hall–Kier alpha value is -3.46.